The van der Waals surface area contributed by atoms with E-state index in [-0.39, 0.29) is 0 Å². The molecule has 4 heteroatoms. The molecule has 0 amide bonds. The molecule has 0 fully saturated rings. The Morgan fingerprint density at radius 2 is 0.935 bits per heavy atom. The number of aryl methyl sites for hydroxylation is 4. The first-order chi connectivity index (χ1) is 22.4. The minimum atomic E-state index is 0.549. The summed E-state index contributed by atoms with van der Waals surface area (Å²) >= 11 is 0. The van der Waals surface area contributed by atoms with Gasteiger partial charge in [-0.1, -0.05) is 60.7 Å². The summed E-state index contributed by atoms with van der Waals surface area (Å²) in [6.07, 6.45) is 0. The van der Waals surface area contributed by atoms with E-state index in [0.29, 0.717) is 11.1 Å². The van der Waals surface area contributed by atoms with Crippen molar-refractivity contribution in [1.29, 1.82) is 10.5 Å². The van der Waals surface area contributed by atoms with Crippen LogP contribution in [-0.2, 0) is 0 Å². The second-order valence-electron chi connectivity index (χ2n) is 12.2. The van der Waals surface area contributed by atoms with Crippen molar-refractivity contribution in [3.63, 3.8) is 0 Å². The zero-order chi connectivity index (χ0) is 31.7. The van der Waals surface area contributed by atoms with E-state index in [2.05, 4.69) is 128 Å². The zero-order valence-electron chi connectivity index (χ0n) is 26.2. The van der Waals surface area contributed by atoms with Gasteiger partial charge < -0.3 is 9.13 Å². The number of rotatable bonds is 3. The molecule has 0 radical (unpaired) electrons. The molecule has 218 valence electrons. The second kappa shape index (κ2) is 10.2. The molecule has 4 nitrogen and oxygen atoms in total. The quantitative estimate of drug-likeness (QED) is 0.206. The Kier molecular flexibility index (Phi) is 6.11. The van der Waals surface area contributed by atoms with Crippen LogP contribution in [-0.4, -0.2) is 9.13 Å². The predicted octanol–water partition coefficient (Wildman–Crippen LogP) is 10.5. The van der Waals surface area contributed by atoms with Crippen molar-refractivity contribution in [3.8, 4) is 34.6 Å². The Bertz CT molecular complexity index is 2530. The molecule has 6 aromatic carbocycles. The van der Waals surface area contributed by atoms with Gasteiger partial charge in [-0.25, -0.2) is 0 Å². The molecule has 0 aliphatic rings. The normalized spacial score (nSPS) is 11.4. The summed E-state index contributed by atoms with van der Waals surface area (Å²) < 4.78 is 4.61. The number of benzene rings is 6. The molecule has 0 bridgehead atoms. The van der Waals surface area contributed by atoms with Crippen LogP contribution in [0, 0.1) is 50.4 Å². The molecule has 8 aromatic rings. The minimum absolute atomic E-state index is 0.549. The lowest BCUT2D eigenvalue weighted by atomic mass is 9.95. The number of fused-ring (bicyclic) bond motifs is 6. The topological polar surface area (TPSA) is 57.4 Å². The van der Waals surface area contributed by atoms with Crippen molar-refractivity contribution >= 4 is 43.6 Å². The van der Waals surface area contributed by atoms with Gasteiger partial charge in [0.2, 0.25) is 0 Å². The molecule has 0 N–H and O–H groups in total. The van der Waals surface area contributed by atoms with Crippen molar-refractivity contribution < 1.29 is 0 Å². The van der Waals surface area contributed by atoms with Gasteiger partial charge in [0.25, 0.3) is 0 Å². The van der Waals surface area contributed by atoms with Crippen LogP contribution >= 0.6 is 0 Å². The van der Waals surface area contributed by atoms with Crippen LogP contribution in [0.2, 0.25) is 0 Å². The first-order valence-electron chi connectivity index (χ1n) is 15.5. The number of aromatic nitrogens is 2. The molecule has 0 aliphatic carbocycles. The van der Waals surface area contributed by atoms with Crippen LogP contribution < -0.4 is 0 Å². The average Bonchev–Trinajstić information content (AvgIpc) is 3.60. The largest absolute Gasteiger partial charge is 0.309 e. The maximum Gasteiger partial charge on any atom is 0.0999 e. The van der Waals surface area contributed by atoms with E-state index in [1.54, 1.807) is 6.07 Å². The highest BCUT2D eigenvalue weighted by molar-refractivity contribution is 6.14. The minimum Gasteiger partial charge on any atom is -0.309 e. The lowest BCUT2D eigenvalue weighted by molar-refractivity contribution is 1.13. The van der Waals surface area contributed by atoms with Crippen LogP contribution in [0.15, 0.2) is 109 Å². The second-order valence-corrected chi connectivity index (χ2v) is 12.2. The van der Waals surface area contributed by atoms with E-state index in [1.165, 1.54) is 43.8 Å². The molecule has 0 atom stereocenters. The summed E-state index contributed by atoms with van der Waals surface area (Å²) in [6, 6.07) is 42.4. The van der Waals surface area contributed by atoms with Crippen LogP contribution in [0.5, 0.6) is 0 Å². The summed E-state index contributed by atoms with van der Waals surface area (Å²) in [7, 11) is 0. The Labute approximate surface area is 267 Å². The summed E-state index contributed by atoms with van der Waals surface area (Å²) in [6.45, 7) is 8.66. The first-order valence-corrected chi connectivity index (χ1v) is 15.5. The number of hydrogen-bond acceptors (Lipinski definition) is 2. The highest BCUT2D eigenvalue weighted by atomic mass is 15.0. The van der Waals surface area contributed by atoms with E-state index >= 15 is 0 Å². The molecule has 46 heavy (non-hydrogen) atoms. The van der Waals surface area contributed by atoms with E-state index in [9.17, 15) is 10.5 Å². The van der Waals surface area contributed by atoms with Gasteiger partial charge >= 0.3 is 0 Å². The van der Waals surface area contributed by atoms with Crippen LogP contribution in [0.25, 0.3) is 66.1 Å². The van der Waals surface area contributed by atoms with Crippen molar-refractivity contribution in [2.24, 2.45) is 0 Å². The zero-order valence-corrected chi connectivity index (χ0v) is 26.2. The van der Waals surface area contributed by atoms with Crippen LogP contribution in [0.1, 0.15) is 33.4 Å². The molecule has 8 rings (SSSR count). The third-order valence-corrected chi connectivity index (χ3v) is 9.47. The van der Waals surface area contributed by atoms with E-state index in [1.807, 2.05) is 24.3 Å². The van der Waals surface area contributed by atoms with Gasteiger partial charge in [-0.15, -0.1) is 0 Å². The summed E-state index contributed by atoms with van der Waals surface area (Å²) in [5, 5.41) is 25.5. The van der Waals surface area contributed by atoms with Gasteiger partial charge in [-0.3, -0.25) is 0 Å². The number of hydrogen-bond donors (Lipinski definition) is 0. The monoisotopic (exact) mass is 590 g/mol. The smallest absolute Gasteiger partial charge is 0.0999 e. The van der Waals surface area contributed by atoms with Gasteiger partial charge in [0.1, 0.15) is 0 Å². The van der Waals surface area contributed by atoms with Crippen molar-refractivity contribution in [3.05, 3.63) is 143 Å². The maximum absolute atomic E-state index is 10.8. The Morgan fingerprint density at radius 1 is 0.478 bits per heavy atom. The standard InChI is InChI=1S/C42H30N4/c1-25-10-5-16-33-38(25)39-26(2)11-6-17-34(39)45(33)32-21-31(24-44)42(30-15-9-14-29(20-30)23-43)37(22-32)46-35-18-7-12-27(3)40(35)41-28(4)13-8-19-36(41)46/h5-22H,1-4H3. The fourth-order valence-corrected chi connectivity index (χ4v) is 7.51. The Hall–Kier alpha value is -6.10. The van der Waals surface area contributed by atoms with Crippen LogP contribution in [0.4, 0.5) is 0 Å². The van der Waals surface area contributed by atoms with Crippen molar-refractivity contribution in [1.82, 2.24) is 9.13 Å². The fourth-order valence-electron chi connectivity index (χ4n) is 7.51. The number of nitrogens with zero attached hydrogens (tertiary/aromatic N) is 4. The molecule has 0 unspecified atom stereocenters. The van der Waals surface area contributed by atoms with E-state index in [4.69, 9.17) is 0 Å². The molecular weight excluding hydrogens is 560 g/mol. The summed E-state index contributed by atoms with van der Waals surface area (Å²) in [5.41, 5.74) is 13.8. The molecule has 0 saturated carbocycles. The van der Waals surface area contributed by atoms with Crippen molar-refractivity contribution in [2.45, 2.75) is 27.7 Å². The Balaban J connectivity index is 1.59. The summed E-state index contributed by atoms with van der Waals surface area (Å²) in [4.78, 5) is 0. The van der Waals surface area contributed by atoms with Gasteiger partial charge in [-0.05, 0) is 104 Å². The average molecular weight is 591 g/mol. The van der Waals surface area contributed by atoms with E-state index < -0.39 is 0 Å². The fraction of sp³-hybridized carbons (Fsp3) is 0.0952. The van der Waals surface area contributed by atoms with Gasteiger partial charge in [0, 0.05) is 32.8 Å². The lowest BCUT2D eigenvalue weighted by Crippen LogP contribution is -2.04. The SMILES string of the molecule is Cc1cccc2c1c1c(C)cccc1n2-c1cc(C#N)c(-c2cccc(C#N)c2)c(-n2c3cccc(C)c3c3c(C)cccc32)c1. The third-order valence-electron chi connectivity index (χ3n) is 9.47. The van der Waals surface area contributed by atoms with Gasteiger partial charge in [0.05, 0.1) is 51.0 Å². The predicted molar refractivity (Wildman–Crippen MR) is 189 cm³/mol. The first kappa shape index (κ1) is 27.4. The molecule has 0 aliphatic heterocycles. The molecule has 0 saturated heterocycles. The molecule has 2 aromatic heterocycles. The molecule has 2 heterocycles. The molecular formula is C42H30N4. The summed E-state index contributed by atoms with van der Waals surface area (Å²) in [5.74, 6) is 0. The molecule has 0 spiro atoms. The lowest BCUT2D eigenvalue weighted by Gasteiger charge is -2.19. The van der Waals surface area contributed by atoms with Gasteiger partial charge in [-0.2, -0.15) is 10.5 Å². The van der Waals surface area contributed by atoms with Crippen LogP contribution in [0.3, 0.4) is 0 Å². The highest BCUT2D eigenvalue weighted by Gasteiger charge is 2.23. The third kappa shape index (κ3) is 3.84. The van der Waals surface area contributed by atoms with E-state index in [0.717, 1.165) is 44.6 Å². The Morgan fingerprint density at radius 3 is 1.39 bits per heavy atom. The highest BCUT2D eigenvalue weighted by Crippen LogP contribution is 2.43. The maximum atomic E-state index is 10.8. The number of nitriles is 2. The van der Waals surface area contributed by atoms with Gasteiger partial charge in [0.15, 0.2) is 0 Å². The van der Waals surface area contributed by atoms with Crippen molar-refractivity contribution in [2.75, 3.05) is 0 Å².